The topological polar surface area (TPSA) is 151 Å². The maximum atomic E-state index is 12.7. The number of nitro groups is 1. The van der Waals surface area contributed by atoms with Gasteiger partial charge in [-0.2, -0.15) is 0 Å². The molecule has 1 aromatic carbocycles. The van der Waals surface area contributed by atoms with E-state index in [0.717, 1.165) is 16.7 Å². The SMILES string of the molecule is O=C(O)CC[C@@H](C(=O)O)N1C(=O)/C(=C/c2ccc(-c3ccc([N+](=O)[O-])cc3)o2)SC1=S. The zero-order chi connectivity index (χ0) is 22.7. The van der Waals surface area contributed by atoms with Gasteiger partial charge in [0.1, 0.15) is 21.9 Å². The van der Waals surface area contributed by atoms with Crippen molar-refractivity contribution in [2.24, 2.45) is 0 Å². The standard InChI is InChI=1S/C19H14N2O8S2/c22-16(23)8-6-13(18(25)26)20-17(24)15(31-19(20)30)9-12-5-7-14(29-12)10-1-3-11(4-2-10)21(27)28/h1-5,7,9,13H,6,8H2,(H,22,23)(H,25,26)/b15-9-/t13-/m0/s1. The van der Waals surface area contributed by atoms with Crippen LogP contribution in [0.3, 0.4) is 0 Å². The molecule has 1 amide bonds. The van der Waals surface area contributed by atoms with Crippen LogP contribution in [0.15, 0.2) is 45.7 Å². The molecule has 31 heavy (non-hydrogen) atoms. The van der Waals surface area contributed by atoms with Crippen LogP contribution in [0.1, 0.15) is 18.6 Å². The summed E-state index contributed by atoms with van der Waals surface area (Å²) >= 11 is 6.02. The number of nitro benzene ring substituents is 1. The molecule has 1 aromatic heterocycles. The monoisotopic (exact) mass is 462 g/mol. The normalized spacial score (nSPS) is 16.0. The first-order valence-corrected chi connectivity index (χ1v) is 9.96. The third-order valence-electron chi connectivity index (χ3n) is 4.31. The molecule has 12 heteroatoms. The molecule has 1 saturated heterocycles. The van der Waals surface area contributed by atoms with E-state index in [1.54, 1.807) is 12.1 Å². The summed E-state index contributed by atoms with van der Waals surface area (Å²) < 4.78 is 5.68. The molecular weight excluding hydrogens is 448 g/mol. The van der Waals surface area contributed by atoms with Gasteiger partial charge in [0, 0.05) is 30.2 Å². The second-order valence-electron chi connectivity index (χ2n) is 6.34. The molecule has 0 aliphatic carbocycles. The minimum Gasteiger partial charge on any atom is -0.481 e. The predicted molar refractivity (Wildman–Crippen MR) is 114 cm³/mol. The van der Waals surface area contributed by atoms with Gasteiger partial charge in [-0.1, -0.05) is 24.0 Å². The number of hydrogen-bond donors (Lipinski definition) is 2. The second kappa shape index (κ2) is 9.10. The number of hydrogen-bond acceptors (Lipinski definition) is 8. The van der Waals surface area contributed by atoms with E-state index >= 15 is 0 Å². The van der Waals surface area contributed by atoms with Gasteiger partial charge in [-0.15, -0.1) is 0 Å². The minimum atomic E-state index is -1.39. The quantitative estimate of drug-likeness (QED) is 0.258. The van der Waals surface area contributed by atoms with E-state index in [1.807, 2.05) is 0 Å². The first-order valence-electron chi connectivity index (χ1n) is 8.73. The van der Waals surface area contributed by atoms with Crippen molar-refractivity contribution in [2.45, 2.75) is 18.9 Å². The first kappa shape index (κ1) is 22.2. The molecule has 2 heterocycles. The number of nitrogens with zero attached hydrogens (tertiary/aromatic N) is 2. The van der Waals surface area contributed by atoms with Gasteiger partial charge in [0.05, 0.1) is 9.83 Å². The number of thioether (sulfide) groups is 1. The molecule has 160 valence electrons. The summed E-state index contributed by atoms with van der Waals surface area (Å²) in [5.41, 5.74) is 0.535. The Morgan fingerprint density at radius 2 is 1.90 bits per heavy atom. The maximum absolute atomic E-state index is 12.7. The van der Waals surface area contributed by atoms with Crippen molar-refractivity contribution in [3.8, 4) is 11.3 Å². The van der Waals surface area contributed by atoms with Gasteiger partial charge in [0.15, 0.2) is 0 Å². The summed E-state index contributed by atoms with van der Waals surface area (Å²) in [6.07, 6.45) is 0.698. The second-order valence-corrected chi connectivity index (χ2v) is 8.02. The Labute approximate surface area is 184 Å². The van der Waals surface area contributed by atoms with E-state index in [4.69, 9.17) is 21.7 Å². The van der Waals surface area contributed by atoms with Crippen LogP contribution in [0, 0.1) is 10.1 Å². The molecule has 1 fully saturated rings. The third-order valence-corrected chi connectivity index (χ3v) is 5.65. The van der Waals surface area contributed by atoms with Gasteiger partial charge in [0.2, 0.25) is 0 Å². The number of non-ortho nitro benzene ring substituents is 1. The van der Waals surface area contributed by atoms with Crippen LogP contribution in [0.25, 0.3) is 17.4 Å². The third kappa shape index (κ3) is 4.98. The number of thiocarbonyl (C=S) groups is 1. The number of carbonyl (C=O) groups excluding carboxylic acids is 1. The number of amides is 1. The van der Waals surface area contributed by atoms with E-state index < -0.39 is 35.2 Å². The highest BCUT2D eigenvalue weighted by molar-refractivity contribution is 8.26. The van der Waals surface area contributed by atoms with Gasteiger partial charge < -0.3 is 14.6 Å². The van der Waals surface area contributed by atoms with Gasteiger partial charge in [-0.3, -0.25) is 24.6 Å². The number of rotatable bonds is 8. The summed E-state index contributed by atoms with van der Waals surface area (Å²) in [5.74, 6) is -2.47. The van der Waals surface area contributed by atoms with Gasteiger partial charge in [-0.05, 0) is 30.7 Å². The van der Waals surface area contributed by atoms with Crippen molar-refractivity contribution in [3.05, 3.63) is 57.2 Å². The van der Waals surface area contributed by atoms with E-state index in [2.05, 4.69) is 0 Å². The zero-order valence-corrected chi connectivity index (χ0v) is 17.2. The fraction of sp³-hybridized carbons (Fsp3) is 0.158. The zero-order valence-electron chi connectivity index (χ0n) is 15.6. The van der Waals surface area contributed by atoms with Gasteiger partial charge in [-0.25, -0.2) is 4.79 Å². The Hall–Kier alpha value is -3.51. The minimum absolute atomic E-state index is 0.0104. The van der Waals surface area contributed by atoms with Crippen LogP contribution >= 0.6 is 24.0 Å². The molecule has 3 rings (SSSR count). The molecule has 0 spiro atoms. The van der Waals surface area contributed by atoms with Crippen molar-refractivity contribution in [3.63, 3.8) is 0 Å². The van der Waals surface area contributed by atoms with E-state index in [0.29, 0.717) is 17.1 Å². The number of aliphatic carboxylic acids is 2. The molecule has 0 unspecified atom stereocenters. The molecule has 0 bridgehead atoms. The predicted octanol–water partition coefficient (Wildman–Crippen LogP) is 3.37. The molecule has 2 aromatic rings. The molecule has 1 aliphatic rings. The molecule has 0 saturated carbocycles. The summed E-state index contributed by atoms with van der Waals surface area (Å²) in [6.45, 7) is 0. The fourth-order valence-electron chi connectivity index (χ4n) is 2.83. The summed E-state index contributed by atoms with van der Waals surface area (Å²) in [6, 6.07) is 7.56. The van der Waals surface area contributed by atoms with Crippen LogP contribution in [-0.4, -0.2) is 48.2 Å². The van der Waals surface area contributed by atoms with Crippen LogP contribution in [0.5, 0.6) is 0 Å². The van der Waals surface area contributed by atoms with E-state index in [9.17, 15) is 29.6 Å². The average Bonchev–Trinajstić information content (AvgIpc) is 3.28. The van der Waals surface area contributed by atoms with Crippen molar-refractivity contribution >= 4 is 57.9 Å². The van der Waals surface area contributed by atoms with Crippen molar-refractivity contribution in [2.75, 3.05) is 0 Å². The Morgan fingerprint density at radius 1 is 1.23 bits per heavy atom. The van der Waals surface area contributed by atoms with Crippen LogP contribution in [0.4, 0.5) is 5.69 Å². The van der Waals surface area contributed by atoms with E-state index in [-0.39, 0.29) is 21.3 Å². The highest BCUT2D eigenvalue weighted by Gasteiger charge is 2.40. The largest absolute Gasteiger partial charge is 0.481 e. The molecular formula is C19H14N2O8S2. The number of carboxylic acid groups (broad SMARTS) is 2. The number of carboxylic acids is 2. The first-order chi connectivity index (χ1) is 14.7. The van der Waals surface area contributed by atoms with Crippen LogP contribution < -0.4 is 0 Å². The molecule has 2 N–H and O–H groups in total. The number of benzene rings is 1. The van der Waals surface area contributed by atoms with Gasteiger partial charge >= 0.3 is 11.9 Å². The Bertz CT molecular complexity index is 1110. The van der Waals surface area contributed by atoms with E-state index in [1.165, 1.54) is 30.3 Å². The van der Waals surface area contributed by atoms with Crippen molar-refractivity contribution < 1.29 is 33.9 Å². The van der Waals surface area contributed by atoms with Crippen molar-refractivity contribution in [1.29, 1.82) is 0 Å². The average molecular weight is 462 g/mol. The lowest BCUT2D eigenvalue weighted by molar-refractivity contribution is -0.384. The Morgan fingerprint density at radius 3 is 2.48 bits per heavy atom. The molecule has 0 radical (unpaired) electrons. The highest BCUT2D eigenvalue weighted by Crippen LogP contribution is 2.35. The Balaban J connectivity index is 1.80. The fourth-order valence-corrected chi connectivity index (χ4v) is 4.17. The highest BCUT2D eigenvalue weighted by atomic mass is 32.2. The lowest BCUT2D eigenvalue weighted by atomic mass is 10.1. The Kier molecular flexibility index (Phi) is 6.51. The number of furan rings is 1. The smallest absolute Gasteiger partial charge is 0.326 e. The van der Waals surface area contributed by atoms with Crippen LogP contribution in [-0.2, 0) is 14.4 Å². The lowest BCUT2D eigenvalue weighted by Crippen LogP contribution is -2.44. The summed E-state index contributed by atoms with van der Waals surface area (Å²) in [7, 11) is 0. The number of carbonyl (C=O) groups is 3. The molecule has 1 aliphatic heterocycles. The summed E-state index contributed by atoms with van der Waals surface area (Å²) in [4.78, 5) is 46.3. The van der Waals surface area contributed by atoms with Gasteiger partial charge in [0.25, 0.3) is 11.6 Å². The maximum Gasteiger partial charge on any atom is 0.326 e. The van der Waals surface area contributed by atoms with Crippen LogP contribution in [0.2, 0.25) is 0 Å². The lowest BCUT2D eigenvalue weighted by Gasteiger charge is -2.22. The molecule has 10 nitrogen and oxygen atoms in total. The molecule has 1 atom stereocenters. The van der Waals surface area contributed by atoms with Crippen molar-refractivity contribution in [1.82, 2.24) is 4.90 Å². The summed E-state index contributed by atoms with van der Waals surface area (Å²) in [5, 5.41) is 29.0.